The van der Waals surface area contributed by atoms with Crippen LogP contribution in [0.2, 0.25) is 5.02 Å². The van der Waals surface area contributed by atoms with E-state index in [1.165, 1.54) is 6.07 Å². The summed E-state index contributed by atoms with van der Waals surface area (Å²) < 4.78 is 36.4. The molecule has 0 unspecified atom stereocenters. The van der Waals surface area contributed by atoms with Gasteiger partial charge in [0.15, 0.2) is 0 Å². The molecular weight excluding hydrogens is 209 g/mol. The Morgan fingerprint density at radius 3 is 2.25 bits per heavy atom. The van der Waals surface area contributed by atoms with Crippen LogP contribution >= 0.6 is 22.8 Å². The van der Waals surface area contributed by atoms with Gasteiger partial charge in [-0.2, -0.15) is 0 Å². The van der Waals surface area contributed by atoms with E-state index in [9.17, 15) is 11.7 Å². The molecule has 0 saturated carbocycles. The highest BCUT2D eigenvalue weighted by Crippen LogP contribution is 2.60. The number of hydrogen-bond acceptors (Lipinski definition) is 0. The highest BCUT2D eigenvalue weighted by Gasteiger charge is 2.24. The van der Waals surface area contributed by atoms with Crippen LogP contribution in [-0.2, 0) is 0 Å². The predicted molar refractivity (Wildman–Crippen MR) is 45.4 cm³/mol. The molecule has 0 aliphatic heterocycles. The topological polar surface area (TPSA) is 0 Å². The van der Waals surface area contributed by atoms with E-state index in [0.29, 0.717) is 10.6 Å². The summed E-state index contributed by atoms with van der Waals surface area (Å²) in [4.78, 5) is -0.579. The molecule has 0 heterocycles. The number of hydrogen-bond donors (Lipinski definition) is 0. The summed E-state index contributed by atoms with van der Waals surface area (Å²) in [5.74, 6) is 0. The first-order valence-corrected chi connectivity index (χ1v) is 4.81. The first-order chi connectivity index (χ1) is 5.41. The molecule has 0 fully saturated rings. The fraction of sp³-hybridized carbons (Fsp3) is 0.143. The lowest BCUT2D eigenvalue weighted by atomic mass is 10.2. The van der Waals surface area contributed by atoms with Crippen molar-refractivity contribution in [2.45, 2.75) is 11.8 Å². The van der Waals surface area contributed by atoms with Crippen molar-refractivity contribution in [3.8, 4) is 0 Å². The summed E-state index contributed by atoms with van der Waals surface area (Å²) >= 11 is 0.472. The zero-order valence-electron chi connectivity index (χ0n) is 6.15. The van der Waals surface area contributed by atoms with Crippen LogP contribution in [0.4, 0.5) is 11.7 Å². The molecule has 1 rings (SSSR count). The molecule has 0 amide bonds. The van der Waals surface area contributed by atoms with Gasteiger partial charge in [0.1, 0.15) is 0 Å². The lowest BCUT2D eigenvalue weighted by molar-refractivity contribution is 0.633. The number of rotatable bonds is 1. The normalized spacial score (nSPS) is 13.1. The van der Waals surface area contributed by atoms with Gasteiger partial charge in [-0.05, 0) is 30.7 Å². The van der Waals surface area contributed by atoms with E-state index in [2.05, 4.69) is 0 Å². The van der Waals surface area contributed by atoms with Gasteiger partial charge in [-0.15, -0.1) is 11.7 Å². The minimum atomic E-state index is -5.10. The lowest BCUT2D eigenvalue weighted by Crippen LogP contribution is -1.82. The van der Waals surface area contributed by atoms with Crippen LogP contribution in [0.25, 0.3) is 0 Å². The van der Waals surface area contributed by atoms with E-state index in [1.54, 1.807) is 6.92 Å². The minimum Gasteiger partial charge on any atom is -0.120 e. The first-order valence-electron chi connectivity index (χ1n) is 3.09. The van der Waals surface area contributed by atoms with Crippen molar-refractivity contribution >= 4 is 22.8 Å². The van der Waals surface area contributed by atoms with E-state index in [1.807, 2.05) is 0 Å². The van der Waals surface area contributed by atoms with Crippen molar-refractivity contribution in [1.82, 2.24) is 0 Å². The molecule has 0 bridgehead atoms. The molecule has 0 atom stereocenters. The van der Waals surface area contributed by atoms with Crippen LogP contribution in [0.3, 0.4) is 0 Å². The largest absolute Gasteiger partial charge is 0.237 e. The van der Waals surface area contributed by atoms with E-state index in [-0.39, 0.29) is 0 Å². The third-order valence-corrected chi connectivity index (χ3v) is 2.61. The molecule has 0 spiro atoms. The van der Waals surface area contributed by atoms with Crippen molar-refractivity contribution in [2.24, 2.45) is 0 Å². The van der Waals surface area contributed by atoms with Crippen molar-refractivity contribution in [3.05, 3.63) is 28.8 Å². The Morgan fingerprint density at radius 1 is 1.25 bits per heavy atom. The molecule has 0 aliphatic rings. The van der Waals surface area contributed by atoms with Gasteiger partial charge in [0.2, 0.25) is 11.2 Å². The average Bonchev–Trinajstić information content (AvgIpc) is 1.92. The summed E-state index contributed by atoms with van der Waals surface area (Å²) in [5.41, 5.74) is 0.457. The number of halogens is 4. The summed E-state index contributed by atoms with van der Waals surface area (Å²) in [6, 6.07) is 3.34. The third kappa shape index (κ3) is 2.08. The third-order valence-electron chi connectivity index (χ3n) is 1.40. The SMILES string of the molecule is Cc1cc(S(F)(F)F)ccc1Cl. The van der Waals surface area contributed by atoms with E-state index >= 15 is 0 Å². The summed E-state index contributed by atoms with van der Waals surface area (Å²) in [6.07, 6.45) is 0. The second kappa shape index (κ2) is 3.18. The van der Waals surface area contributed by atoms with E-state index in [4.69, 9.17) is 11.6 Å². The molecule has 0 aliphatic carbocycles. The van der Waals surface area contributed by atoms with Crippen LogP contribution in [0.5, 0.6) is 0 Å². The Hall–Kier alpha value is -0.350. The molecule has 1 aromatic rings. The Kier molecular flexibility index (Phi) is 2.58. The van der Waals surface area contributed by atoms with Crippen LogP contribution in [0, 0.1) is 6.92 Å². The van der Waals surface area contributed by atoms with Gasteiger partial charge < -0.3 is 0 Å². The van der Waals surface area contributed by atoms with Crippen LogP contribution < -0.4 is 0 Å². The smallest absolute Gasteiger partial charge is 0.120 e. The van der Waals surface area contributed by atoms with Crippen LogP contribution in [0.1, 0.15) is 5.56 Å². The predicted octanol–water partition coefficient (Wildman–Crippen LogP) is 4.47. The fourth-order valence-corrected chi connectivity index (χ4v) is 1.41. The lowest BCUT2D eigenvalue weighted by Gasteiger charge is -2.10. The molecule has 0 nitrogen and oxygen atoms in total. The summed E-state index contributed by atoms with van der Waals surface area (Å²) in [5, 5.41) is 0.363. The van der Waals surface area contributed by atoms with Crippen LogP contribution in [0.15, 0.2) is 23.1 Å². The second-order valence-corrected chi connectivity index (χ2v) is 4.01. The molecule has 12 heavy (non-hydrogen) atoms. The monoisotopic (exact) mass is 214 g/mol. The van der Waals surface area contributed by atoms with Crippen molar-refractivity contribution in [1.29, 1.82) is 0 Å². The van der Waals surface area contributed by atoms with Crippen LogP contribution in [-0.4, -0.2) is 0 Å². The highest BCUT2D eigenvalue weighted by atomic mass is 35.5. The number of benzene rings is 1. The Balaban J connectivity index is 3.14. The summed E-state index contributed by atoms with van der Waals surface area (Å²) in [7, 11) is 0. The summed E-state index contributed by atoms with van der Waals surface area (Å²) in [6.45, 7) is 1.55. The van der Waals surface area contributed by atoms with Gasteiger partial charge in [0.25, 0.3) is 0 Å². The van der Waals surface area contributed by atoms with Crippen molar-refractivity contribution < 1.29 is 11.7 Å². The van der Waals surface area contributed by atoms with Gasteiger partial charge in [-0.1, -0.05) is 11.6 Å². The maximum absolute atomic E-state index is 12.1. The molecular formula is C7H6ClF3S. The molecule has 68 valence electrons. The van der Waals surface area contributed by atoms with Gasteiger partial charge in [-0.25, -0.2) is 0 Å². The fourth-order valence-electron chi connectivity index (χ4n) is 0.761. The van der Waals surface area contributed by atoms with E-state index in [0.717, 1.165) is 12.1 Å². The molecule has 0 aromatic heterocycles. The van der Waals surface area contributed by atoms with E-state index < -0.39 is 16.1 Å². The van der Waals surface area contributed by atoms with Gasteiger partial charge in [0.05, 0.1) is 4.90 Å². The zero-order valence-corrected chi connectivity index (χ0v) is 7.72. The van der Waals surface area contributed by atoms with Gasteiger partial charge in [-0.3, -0.25) is 0 Å². The molecule has 5 heteroatoms. The molecule has 1 aromatic carbocycles. The van der Waals surface area contributed by atoms with Crippen molar-refractivity contribution in [3.63, 3.8) is 0 Å². The molecule has 0 N–H and O–H groups in total. The Bertz CT molecular complexity index is 295. The minimum absolute atomic E-state index is 0.363. The first kappa shape index (κ1) is 9.74. The molecule has 0 radical (unpaired) electrons. The maximum atomic E-state index is 12.1. The van der Waals surface area contributed by atoms with Gasteiger partial charge >= 0.3 is 0 Å². The maximum Gasteiger partial charge on any atom is 0.237 e. The average molecular weight is 215 g/mol. The Labute approximate surface area is 75.5 Å². The van der Waals surface area contributed by atoms with Gasteiger partial charge in [0, 0.05) is 5.02 Å². The molecule has 0 saturated heterocycles. The quantitative estimate of drug-likeness (QED) is 0.647. The zero-order chi connectivity index (χ0) is 9.35. The highest BCUT2D eigenvalue weighted by molar-refractivity contribution is 8.20. The standard InChI is InChI=1S/C7H6ClF3S/c1-5-4-6(12(9,10)11)2-3-7(5)8/h2-4H,1H3. The Morgan fingerprint density at radius 2 is 1.83 bits per heavy atom. The second-order valence-electron chi connectivity index (χ2n) is 2.32. The number of aryl methyl sites for hydroxylation is 1. The van der Waals surface area contributed by atoms with Crippen molar-refractivity contribution in [2.75, 3.05) is 0 Å².